The third-order valence-corrected chi connectivity index (χ3v) is 2.89. The van der Waals surface area contributed by atoms with E-state index < -0.39 is 24.0 Å². The number of phenols is 1. The molecule has 0 amide bonds. The van der Waals surface area contributed by atoms with E-state index in [-0.39, 0.29) is 18.1 Å². The Morgan fingerprint density at radius 3 is 2.20 bits per heavy atom. The predicted molar refractivity (Wildman–Crippen MR) is 73.7 cm³/mol. The van der Waals surface area contributed by atoms with Crippen LogP contribution < -0.4 is 11.5 Å². The molecular formula is C14H20N2O4. The number of phenolic OH excluding ortho intramolecular Hbond substituents is 1. The molecule has 0 heterocycles. The second kappa shape index (κ2) is 7.02. The maximum atomic E-state index is 11.7. The Morgan fingerprint density at radius 2 is 1.70 bits per heavy atom. The van der Waals surface area contributed by atoms with Gasteiger partial charge in [0, 0.05) is 0 Å². The first-order valence-electron chi connectivity index (χ1n) is 6.36. The van der Waals surface area contributed by atoms with Crippen LogP contribution in [0.1, 0.15) is 19.4 Å². The zero-order valence-corrected chi connectivity index (χ0v) is 11.6. The topological polar surface area (TPSA) is 116 Å². The summed E-state index contributed by atoms with van der Waals surface area (Å²) in [5.41, 5.74) is 12.0. The minimum atomic E-state index is -0.956. The lowest BCUT2D eigenvalue weighted by atomic mass is 10.1. The molecule has 1 aromatic carbocycles. The van der Waals surface area contributed by atoms with Crippen LogP contribution in [-0.2, 0) is 20.7 Å². The Labute approximate surface area is 117 Å². The number of hydrogen-bond acceptors (Lipinski definition) is 6. The van der Waals surface area contributed by atoms with E-state index >= 15 is 0 Å². The molecule has 0 saturated carbocycles. The van der Waals surface area contributed by atoms with Crippen molar-refractivity contribution in [3.8, 4) is 5.75 Å². The average Bonchev–Trinajstić information content (AvgIpc) is 2.40. The number of esters is 2. The van der Waals surface area contributed by atoms with Crippen molar-refractivity contribution in [3.63, 3.8) is 0 Å². The van der Waals surface area contributed by atoms with Crippen LogP contribution in [0, 0.1) is 5.92 Å². The fraction of sp³-hybridized carbons (Fsp3) is 0.429. The van der Waals surface area contributed by atoms with Gasteiger partial charge in [0.15, 0.2) is 0 Å². The molecule has 6 nitrogen and oxygen atoms in total. The van der Waals surface area contributed by atoms with Gasteiger partial charge in [0.2, 0.25) is 0 Å². The minimum Gasteiger partial charge on any atom is -0.508 e. The van der Waals surface area contributed by atoms with Crippen molar-refractivity contribution in [2.45, 2.75) is 32.4 Å². The van der Waals surface area contributed by atoms with Crippen LogP contribution in [0.4, 0.5) is 0 Å². The highest BCUT2D eigenvalue weighted by Crippen LogP contribution is 2.11. The van der Waals surface area contributed by atoms with Gasteiger partial charge < -0.3 is 21.3 Å². The van der Waals surface area contributed by atoms with Crippen molar-refractivity contribution < 1.29 is 19.4 Å². The molecule has 110 valence electrons. The van der Waals surface area contributed by atoms with Gasteiger partial charge in [-0.25, -0.2) is 9.59 Å². The van der Waals surface area contributed by atoms with Crippen molar-refractivity contribution in [1.29, 1.82) is 0 Å². The number of hydrogen-bond donors (Lipinski definition) is 3. The molecule has 0 aliphatic carbocycles. The van der Waals surface area contributed by atoms with Crippen LogP contribution >= 0.6 is 0 Å². The Kier molecular flexibility index (Phi) is 5.66. The third kappa shape index (κ3) is 4.64. The molecule has 0 spiro atoms. The fourth-order valence-corrected chi connectivity index (χ4v) is 1.48. The third-order valence-electron chi connectivity index (χ3n) is 2.89. The van der Waals surface area contributed by atoms with Crippen molar-refractivity contribution in [2.75, 3.05) is 0 Å². The average molecular weight is 280 g/mol. The maximum absolute atomic E-state index is 11.7. The van der Waals surface area contributed by atoms with E-state index in [2.05, 4.69) is 4.74 Å². The highest BCUT2D eigenvalue weighted by Gasteiger charge is 2.25. The molecule has 0 aromatic heterocycles. The van der Waals surface area contributed by atoms with E-state index in [1.165, 1.54) is 12.1 Å². The molecule has 0 radical (unpaired) electrons. The van der Waals surface area contributed by atoms with Gasteiger partial charge in [0.05, 0.1) is 0 Å². The van der Waals surface area contributed by atoms with E-state index in [1.807, 2.05) is 0 Å². The first kappa shape index (κ1) is 16.1. The van der Waals surface area contributed by atoms with Gasteiger partial charge in [-0.1, -0.05) is 26.0 Å². The number of ether oxygens (including phenoxy) is 1. The molecule has 0 aliphatic rings. The summed E-state index contributed by atoms with van der Waals surface area (Å²) in [7, 11) is 0. The number of rotatable bonds is 5. The summed E-state index contributed by atoms with van der Waals surface area (Å²) in [4.78, 5) is 23.2. The zero-order chi connectivity index (χ0) is 15.3. The van der Waals surface area contributed by atoms with E-state index in [9.17, 15) is 9.59 Å². The highest BCUT2D eigenvalue weighted by molar-refractivity contribution is 5.90. The molecular weight excluding hydrogens is 260 g/mol. The highest BCUT2D eigenvalue weighted by atomic mass is 16.6. The van der Waals surface area contributed by atoms with E-state index in [0.29, 0.717) is 0 Å². The lowest BCUT2D eigenvalue weighted by Gasteiger charge is -2.15. The standard InChI is InChI=1S/C14H20N2O4/c1-8(2)12(16)14(19)20-13(18)11(15)7-9-3-5-10(17)6-4-9/h3-6,8,11-12,17H,7,15-16H2,1-2H3/t11-,12-/m0/s1. The van der Waals surface area contributed by atoms with Crippen molar-refractivity contribution in [1.82, 2.24) is 0 Å². The molecule has 1 rings (SSSR count). The summed E-state index contributed by atoms with van der Waals surface area (Å²) < 4.78 is 4.65. The van der Waals surface area contributed by atoms with Crippen molar-refractivity contribution in [3.05, 3.63) is 29.8 Å². The van der Waals surface area contributed by atoms with Crippen LogP contribution in [0.15, 0.2) is 24.3 Å². The number of benzene rings is 1. The molecule has 2 atom stereocenters. The first-order chi connectivity index (χ1) is 9.31. The Hall–Kier alpha value is -1.92. The molecule has 0 fully saturated rings. The second-order valence-corrected chi connectivity index (χ2v) is 4.99. The molecule has 1 aromatic rings. The molecule has 6 heteroatoms. The largest absolute Gasteiger partial charge is 0.508 e. The summed E-state index contributed by atoms with van der Waals surface area (Å²) in [5, 5.41) is 9.15. The molecule has 20 heavy (non-hydrogen) atoms. The first-order valence-corrected chi connectivity index (χ1v) is 6.36. The molecule has 0 saturated heterocycles. The van der Waals surface area contributed by atoms with E-state index in [1.54, 1.807) is 26.0 Å². The Balaban J connectivity index is 2.55. The Bertz CT molecular complexity index is 471. The van der Waals surface area contributed by atoms with Gasteiger partial charge in [-0.05, 0) is 30.0 Å². The van der Waals surface area contributed by atoms with E-state index in [4.69, 9.17) is 16.6 Å². The van der Waals surface area contributed by atoms with Gasteiger partial charge in [-0.2, -0.15) is 0 Å². The molecule has 5 N–H and O–H groups in total. The molecule has 0 aliphatic heterocycles. The van der Waals surface area contributed by atoms with Crippen LogP contribution in [0.5, 0.6) is 5.75 Å². The summed E-state index contributed by atoms with van der Waals surface area (Å²) >= 11 is 0. The predicted octanol–water partition coefficient (Wildman–Crippen LogP) is 0.315. The second-order valence-electron chi connectivity index (χ2n) is 4.99. The minimum absolute atomic E-state index is 0.122. The zero-order valence-electron chi connectivity index (χ0n) is 11.6. The van der Waals surface area contributed by atoms with E-state index in [0.717, 1.165) is 5.56 Å². The quantitative estimate of drug-likeness (QED) is 0.528. The summed E-state index contributed by atoms with van der Waals surface area (Å²) in [5.74, 6) is -1.57. The number of aromatic hydroxyl groups is 1. The van der Waals surface area contributed by atoms with Crippen molar-refractivity contribution >= 4 is 11.9 Å². The van der Waals surface area contributed by atoms with Crippen molar-refractivity contribution in [2.24, 2.45) is 17.4 Å². The fourth-order valence-electron chi connectivity index (χ4n) is 1.48. The lowest BCUT2D eigenvalue weighted by Crippen LogP contribution is -2.42. The number of nitrogens with two attached hydrogens (primary N) is 2. The smallest absolute Gasteiger partial charge is 0.330 e. The van der Waals surface area contributed by atoms with Crippen LogP contribution in [-0.4, -0.2) is 29.1 Å². The van der Waals surface area contributed by atoms with Crippen LogP contribution in [0.25, 0.3) is 0 Å². The number of carbonyl (C=O) groups is 2. The van der Waals surface area contributed by atoms with Gasteiger partial charge in [0.25, 0.3) is 0 Å². The van der Waals surface area contributed by atoms with Gasteiger partial charge in [-0.15, -0.1) is 0 Å². The molecule has 0 bridgehead atoms. The Morgan fingerprint density at radius 1 is 1.15 bits per heavy atom. The number of carbonyl (C=O) groups excluding carboxylic acids is 2. The lowest BCUT2D eigenvalue weighted by molar-refractivity contribution is -0.162. The van der Waals surface area contributed by atoms with Gasteiger partial charge in [-0.3, -0.25) is 0 Å². The van der Waals surface area contributed by atoms with Gasteiger partial charge >= 0.3 is 11.9 Å². The summed E-state index contributed by atoms with van der Waals surface area (Å²) in [6.45, 7) is 3.51. The van der Waals surface area contributed by atoms with Crippen LogP contribution in [0.3, 0.4) is 0 Å². The van der Waals surface area contributed by atoms with Crippen LogP contribution in [0.2, 0.25) is 0 Å². The summed E-state index contributed by atoms with van der Waals surface area (Å²) in [6.07, 6.45) is 0.212. The molecule has 0 unspecified atom stereocenters. The summed E-state index contributed by atoms with van der Waals surface area (Å²) in [6, 6.07) is 4.47. The SMILES string of the molecule is CC(C)[C@H](N)C(=O)OC(=O)[C@@H](N)Cc1ccc(O)cc1. The normalized spacial score (nSPS) is 13.8. The van der Waals surface area contributed by atoms with Gasteiger partial charge in [0.1, 0.15) is 17.8 Å². The maximum Gasteiger partial charge on any atom is 0.330 e. The monoisotopic (exact) mass is 280 g/mol.